The number of ether oxygens (including phenoxy) is 2. The average molecular weight is 487 g/mol. The maximum atomic E-state index is 13.1. The van der Waals surface area contributed by atoms with Crippen molar-refractivity contribution in [2.75, 3.05) is 19.1 Å². The Balaban J connectivity index is 1.82. The van der Waals surface area contributed by atoms with Crippen LogP contribution < -0.4 is 16.0 Å². The van der Waals surface area contributed by atoms with Crippen LogP contribution in [0.5, 0.6) is 0 Å². The van der Waals surface area contributed by atoms with Gasteiger partial charge in [0.05, 0.1) is 43.8 Å². The highest BCUT2D eigenvalue weighted by atomic mass is 16.5. The van der Waals surface area contributed by atoms with Crippen LogP contribution in [-0.4, -0.2) is 38.1 Å². The van der Waals surface area contributed by atoms with Crippen LogP contribution in [0.2, 0.25) is 0 Å². The number of amides is 1. The Morgan fingerprint density at radius 2 is 1.67 bits per heavy atom. The van der Waals surface area contributed by atoms with Crippen LogP contribution in [0.3, 0.4) is 0 Å². The normalized spacial score (nSPS) is 17.4. The molecule has 0 saturated heterocycles. The molecule has 4 rings (SSSR count). The highest BCUT2D eigenvalue weighted by molar-refractivity contribution is 6.06. The summed E-state index contributed by atoms with van der Waals surface area (Å²) < 4.78 is 10.1. The summed E-state index contributed by atoms with van der Waals surface area (Å²) in [6, 6.07) is 18.0. The Labute approximate surface area is 208 Å². The van der Waals surface area contributed by atoms with E-state index in [1.54, 1.807) is 54.6 Å². The molecule has 0 radical (unpaired) electrons. The van der Waals surface area contributed by atoms with Gasteiger partial charge in [-0.15, -0.1) is 0 Å². The second-order valence-corrected chi connectivity index (χ2v) is 8.52. The van der Waals surface area contributed by atoms with Crippen molar-refractivity contribution in [2.45, 2.75) is 31.2 Å². The van der Waals surface area contributed by atoms with Crippen LogP contribution in [0.4, 0.5) is 5.69 Å². The highest BCUT2D eigenvalue weighted by Crippen LogP contribution is 2.43. The van der Waals surface area contributed by atoms with Crippen LogP contribution in [0.25, 0.3) is 0 Å². The molecule has 36 heavy (non-hydrogen) atoms. The van der Waals surface area contributed by atoms with E-state index in [0.29, 0.717) is 11.3 Å². The summed E-state index contributed by atoms with van der Waals surface area (Å²) in [7, 11) is 2.40. The lowest BCUT2D eigenvalue weighted by Gasteiger charge is -2.35. The first-order valence-electron chi connectivity index (χ1n) is 11.4. The van der Waals surface area contributed by atoms with Gasteiger partial charge < -0.3 is 20.5 Å². The summed E-state index contributed by atoms with van der Waals surface area (Å²) in [5.74, 6) is -2.62. The van der Waals surface area contributed by atoms with Gasteiger partial charge in [0.2, 0.25) is 5.91 Å². The Hall–Kier alpha value is -4.58. The Morgan fingerprint density at radius 1 is 1.03 bits per heavy atom. The fraction of sp³-hybridized carbons (Fsp3) is 0.259. The van der Waals surface area contributed by atoms with Gasteiger partial charge in [-0.05, 0) is 36.1 Å². The third-order valence-electron chi connectivity index (χ3n) is 6.11. The number of anilines is 1. The van der Waals surface area contributed by atoms with Gasteiger partial charge in [0.25, 0.3) is 0 Å². The molecule has 1 fully saturated rings. The van der Waals surface area contributed by atoms with Crippen LogP contribution in [0.1, 0.15) is 29.9 Å². The van der Waals surface area contributed by atoms with Crippen LogP contribution >= 0.6 is 0 Å². The zero-order valence-electron chi connectivity index (χ0n) is 20.0. The second-order valence-electron chi connectivity index (χ2n) is 8.52. The number of benzene rings is 2. The number of nitriles is 1. The smallest absolute Gasteiger partial charge is 0.355 e. The molecule has 9 heteroatoms. The summed E-state index contributed by atoms with van der Waals surface area (Å²) in [5, 5.41) is 13.0. The first-order valence-corrected chi connectivity index (χ1v) is 11.4. The molecule has 2 aliphatic rings. The van der Waals surface area contributed by atoms with Gasteiger partial charge in [0.1, 0.15) is 11.5 Å². The summed E-state index contributed by atoms with van der Waals surface area (Å²) in [4.78, 5) is 39.6. The molecular weight excluding hydrogens is 460 g/mol. The zero-order chi connectivity index (χ0) is 25.8. The summed E-state index contributed by atoms with van der Waals surface area (Å²) >= 11 is 0. The molecule has 2 aromatic rings. The molecule has 0 bridgehead atoms. The number of nitrogens with zero attached hydrogens (tertiary/aromatic N) is 2. The molecule has 1 aliphatic heterocycles. The summed E-state index contributed by atoms with van der Waals surface area (Å²) in [5.41, 5.74) is 8.14. The Morgan fingerprint density at radius 3 is 2.22 bits per heavy atom. The molecule has 1 aliphatic carbocycles. The topological polar surface area (TPSA) is 135 Å². The molecule has 9 nitrogen and oxygen atoms in total. The van der Waals surface area contributed by atoms with Gasteiger partial charge in [-0.25, -0.2) is 9.59 Å². The van der Waals surface area contributed by atoms with Crippen LogP contribution in [0, 0.1) is 11.3 Å². The quantitative estimate of drug-likeness (QED) is 0.570. The van der Waals surface area contributed by atoms with Crippen molar-refractivity contribution < 1.29 is 23.9 Å². The van der Waals surface area contributed by atoms with E-state index in [9.17, 15) is 19.6 Å². The van der Waals surface area contributed by atoms with Crippen molar-refractivity contribution in [3.8, 4) is 6.07 Å². The first-order chi connectivity index (χ1) is 17.4. The summed E-state index contributed by atoms with van der Waals surface area (Å²) in [6.07, 6.45) is 2.21. The van der Waals surface area contributed by atoms with E-state index in [0.717, 1.165) is 18.4 Å². The molecular formula is C27H26N4O5. The monoisotopic (exact) mass is 486 g/mol. The molecule has 1 saturated carbocycles. The number of nitrogens with two attached hydrogens (primary N) is 1. The molecule has 1 amide bonds. The van der Waals surface area contributed by atoms with Crippen molar-refractivity contribution in [3.63, 3.8) is 0 Å². The van der Waals surface area contributed by atoms with Crippen LogP contribution in [-0.2, 0) is 30.3 Å². The van der Waals surface area contributed by atoms with Crippen molar-refractivity contribution in [1.82, 2.24) is 5.32 Å². The minimum absolute atomic E-state index is 0.0152. The van der Waals surface area contributed by atoms with Gasteiger partial charge in [-0.2, -0.15) is 5.26 Å². The number of hydrogen-bond acceptors (Lipinski definition) is 8. The predicted octanol–water partition coefficient (Wildman–Crippen LogP) is 2.41. The molecule has 0 aromatic heterocycles. The second kappa shape index (κ2) is 10.4. The standard InChI is InChI=1S/C27H26N4O5/c1-35-26(33)23-22(17-6-4-3-5-7-17)20(15-28)25(29)31(24(23)27(34)36-2)19-12-8-16(9-13-19)14-21(32)30-18-10-11-18/h3-9,12-13,18,22H,10-11,14,29H2,1-2H3,(H,30,32). The fourth-order valence-electron chi connectivity index (χ4n) is 4.24. The minimum atomic E-state index is -0.931. The van der Waals surface area contributed by atoms with Gasteiger partial charge in [0.15, 0.2) is 0 Å². The van der Waals surface area contributed by atoms with E-state index >= 15 is 0 Å². The number of esters is 2. The maximum Gasteiger partial charge on any atom is 0.355 e. The van der Waals surface area contributed by atoms with Gasteiger partial charge >= 0.3 is 11.9 Å². The number of methoxy groups -OCH3 is 2. The number of carbonyl (C=O) groups excluding carboxylic acids is 3. The molecule has 1 unspecified atom stereocenters. The minimum Gasteiger partial charge on any atom is -0.466 e. The fourth-order valence-corrected chi connectivity index (χ4v) is 4.24. The maximum absolute atomic E-state index is 13.1. The zero-order valence-corrected chi connectivity index (χ0v) is 20.0. The SMILES string of the molecule is COC(=O)C1=C(C(=O)OC)N(c2ccc(CC(=O)NC3CC3)cc2)C(N)=C(C#N)C1c1ccccc1. The molecule has 1 atom stereocenters. The van der Waals surface area contributed by atoms with E-state index in [1.807, 2.05) is 0 Å². The van der Waals surface area contributed by atoms with Crippen molar-refractivity contribution in [1.29, 1.82) is 5.26 Å². The first kappa shape index (κ1) is 24.5. The van der Waals surface area contributed by atoms with E-state index < -0.39 is 17.9 Å². The number of allylic oxidation sites excluding steroid dienone is 1. The molecule has 1 heterocycles. The van der Waals surface area contributed by atoms with Gasteiger partial charge in [0, 0.05) is 11.7 Å². The lowest BCUT2D eigenvalue weighted by atomic mass is 9.81. The molecule has 0 spiro atoms. The van der Waals surface area contributed by atoms with Crippen LogP contribution in [0.15, 0.2) is 77.3 Å². The number of rotatable bonds is 7. The van der Waals surface area contributed by atoms with Gasteiger partial charge in [-0.1, -0.05) is 42.5 Å². The Bertz CT molecular complexity index is 1290. The molecule has 184 valence electrons. The molecule has 3 N–H and O–H groups in total. The van der Waals surface area contributed by atoms with E-state index in [1.165, 1.54) is 19.1 Å². The number of carbonyl (C=O) groups is 3. The lowest BCUT2D eigenvalue weighted by molar-refractivity contribution is -0.139. The Kier molecular flexibility index (Phi) is 7.06. The van der Waals surface area contributed by atoms with Gasteiger partial charge in [-0.3, -0.25) is 9.69 Å². The van der Waals surface area contributed by atoms with Crippen molar-refractivity contribution >= 4 is 23.5 Å². The van der Waals surface area contributed by atoms with E-state index in [4.69, 9.17) is 15.2 Å². The lowest BCUT2D eigenvalue weighted by Crippen LogP contribution is -2.40. The predicted molar refractivity (Wildman–Crippen MR) is 131 cm³/mol. The molecule has 2 aromatic carbocycles. The largest absolute Gasteiger partial charge is 0.466 e. The number of nitrogens with one attached hydrogen (secondary N) is 1. The number of hydrogen-bond donors (Lipinski definition) is 2. The van der Waals surface area contributed by atoms with Crippen molar-refractivity contribution in [3.05, 3.63) is 88.4 Å². The average Bonchev–Trinajstić information content (AvgIpc) is 3.71. The van der Waals surface area contributed by atoms with E-state index in [-0.39, 0.29) is 41.0 Å². The third kappa shape index (κ3) is 4.79. The third-order valence-corrected chi connectivity index (χ3v) is 6.11. The highest BCUT2D eigenvalue weighted by Gasteiger charge is 2.42. The summed E-state index contributed by atoms with van der Waals surface area (Å²) in [6.45, 7) is 0. The van der Waals surface area contributed by atoms with E-state index in [2.05, 4.69) is 11.4 Å². The van der Waals surface area contributed by atoms with Crippen molar-refractivity contribution in [2.24, 2.45) is 5.73 Å².